The van der Waals surface area contributed by atoms with E-state index in [0.717, 1.165) is 11.1 Å². The third kappa shape index (κ3) is 2.09. The average Bonchev–Trinajstić information content (AvgIpc) is 2.84. The molecule has 0 saturated carbocycles. The number of hydrogen-bond acceptors (Lipinski definition) is 3. The van der Waals surface area contributed by atoms with Crippen molar-refractivity contribution in [3.63, 3.8) is 0 Å². The van der Waals surface area contributed by atoms with Gasteiger partial charge in [0.05, 0.1) is 15.8 Å². The average molecular weight is 268 g/mol. The molecule has 3 aromatic rings. The van der Waals surface area contributed by atoms with Crippen molar-refractivity contribution in [3.05, 3.63) is 70.4 Å². The van der Waals surface area contributed by atoms with E-state index in [1.807, 2.05) is 29.0 Å². The predicted molar refractivity (Wildman–Crippen MR) is 75.8 cm³/mol. The molecular formula is C15H12N2O3. The summed E-state index contributed by atoms with van der Waals surface area (Å²) >= 11 is 0. The molecule has 1 aromatic heterocycles. The number of fused-ring (bicyclic) bond motifs is 1. The lowest BCUT2D eigenvalue weighted by Gasteiger charge is -2.06. The van der Waals surface area contributed by atoms with Gasteiger partial charge in [0.25, 0.3) is 5.69 Å². The summed E-state index contributed by atoms with van der Waals surface area (Å²) in [6, 6.07) is 13.7. The molecule has 0 radical (unpaired) electrons. The summed E-state index contributed by atoms with van der Waals surface area (Å²) in [5.41, 5.74) is 1.96. The first kappa shape index (κ1) is 12.2. The summed E-state index contributed by atoms with van der Waals surface area (Å²) in [6.07, 6.45) is 1.84. The Hall–Kier alpha value is -2.82. The molecule has 0 bridgehead atoms. The fraction of sp³-hybridized carbons (Fsp3) is 0.0667. The summed E-state index contributed by atoms with van der Waals surface area (Å²) in [5, 5.41) is 20.9. The van der Waals surface area contributed by atoms with Gasteiger partial charge in [-0.1, -0.05) is 18.2 Å². The lowest BCUT2D eigenvalue weighted by atomic mass is 10.2. The van der Waals surface area contributed by atoms with Crippen LogP contribution >= 0.6 is 0 Å². The Kier molecular flexibility index (Phi) is 2.87. The molecule has 0 aliphatic carbocycles. The smallest absolute Gasteiger partial charge is 0.278 e. The van der Waals surface area contributed by atoms with Gasteiger partial charge in [0, 0.05) is 18.8 Å². The maximum absolute atomic E-state index is 11.0. The van der Waals surface area contributed by atoms with Gasteiger partial charge in [-0.15, -0.1) is 0 Å². The number of benzene rings is 2. The second-order valence-corrected chi connectivity index (χ2v) is 4.58. The van der Waals surface area contributed by atoms with Crippen LogP contribution in [-0.2, 0) is 6.54 Å². The number of rotatable bonds is 3. The number of hydrogen-bond donors (Lipinski definition) is 1. The minimum Gasteiger partial charge on any atom is -0.508 e. The Morgan fingerprint density at radius 2 is 1.85 bits per heavy atom. The zero-order chi connectivity index (χ0) is 14.1. The van der Waals surface area contributed by atoms with E-state index in [1.165, 1.54) is 6.07 Å². The molecule has 0 atom stereocenters. The summed E-state index contributed by atoms with van der Waals surface area (Å²) in [5.74, 6) is 0.224. The molecule has 0 spiro atoms. The third-order valence-corrected chi connectivity index (χ3v) is 3.28. The van der Waals surface area contributed by atoms with Crippen LogP contribution < -0.4 is 0 Å². The Morgan fingerprint density at radius 1 is 1.10 bits per heavy atom. The molecule has 1 N–H and O–H groups in total. The number of non-ortho nitro benzene ring substituents is 1. The van der Waals surface area contributed by atoms with Crippen LogP contribution in [0.3, 0.4) is 0 Å². The van der Waals surface area contributed by atoms with Crippen LogP contribution in [0.15, 0.2) is 54.7 Å². The second kappa shape index (κ2) is 4.70. The maximum atomic E-state index is 11.0. The molecule has 2 aromatic carbocycles. The van der Waals surface area contributed by atoms with E-state index in [-0.39, 0.29) is 16.4 Å². The van der Waals surface area contributed by atoms with Crippen molar-refractivity contribution in [1.82, 2.24) is 4.57 Å². The van der Waals surface area contributed by atoms with Crippen molar-refractivity contribution >= 4 is 16.6 Å². The number of phenolic OH excluding ortho intramolecular Hbond substituents is 1. The zero-order valence-electron chi connectivity index (χ0n) is 10.6. The molecule has 100 valence electrons. The molecule has 0 aliphatic heterocycles. The molecule has 0 fully saturated rings. The summed E-state index contributed by atoms with van der Waals surface area (Å²) in [6.45, 7) is 0.602. The van der Waals surface area contributed by atoms with Gasteiger partial charge in [-0.3, -0.25) is 10.1 Å². The van der Waals surface area contributed by atoms with Crippen molar-refractivity contribution < 1.29 is 10.0 Å². The van der Waals surface area contributed by atoms with Gasteiger partial charge >= 0.3 is 0 Å². The monoisotopic (exact) mass is 268 g/mol. The van der Waals surface area contributed by atoms with Gasteiger partial charge in [0.15, 0.2) is 0 Å². The predicted octanol–water partition coefficient (Wildman–Crippen LogP) is 3.30. The minimum atomic E-state index is -0.368. The number of aromatic hydroxyl groups is 1. The topological polar surface area (TPSA) is 68.3 Å². The van der Waals surface area contributed by atoms with Crippen LogP contribution in [0.25, 0.3) is 10.9 Å². The molecule has 5 heteroatoms. The zero-order valence-corrected chi connectivity index (χ0v) is 10.6. The number of nitro benzene ring substituents is 1. The molecule has 3 rings (SSSR count). The van der Waals surface area contributed by atoms with Crippen molar-refractivity contribution in [2.24, 2.45) is 0 Å². The molecule has 0 unspecified atom stereocenters. The van der Waals surface area contributed by atoms with E-state index in [0.29, 0.717) is 11.9 Å². The summed E-state index contributed by atoms with van der Waals surface area (Å²) < 4.78 is 1.95. The van der Waals surface area contributed by atoms with Crippen LogP contribution in [-0.4, -0.2) is 14.6 Å². The molecule has 0 aliphatic rings. The van der Waals surface area contributed by atoms with Gasteiger partial charge in [0.1, 0.15) is 5.75 Å². The Morgan fingerprint density at radius 3 is 2.55 bits per heavy atom. The summed E-state index contributed by atoms with van der Waals surface area (Å²) in [7, 11) is 0. The molecule has 0 amide bonds. The molecule has 20 heavy (non-hydrogen) atoms. The molecule has 1 heterocycles. The standard InChI is InChI=1S/C15H12N2O3/c18-12-6-4-11(5-7-12)10-16-9-8-13-14(16)2-1-3-15(13)17(19)20/h1-9,18H,10H2. The van der Waals surface area contributed by atoms with Crippen LogP contribution in [0.1, 0.15) is 5.56 Å². The largest absolute Gasteiger partial charge is 0.508 e. The minimum absolute atomic E-state index is 0.118. The SMILES string of the molecule is O=[N+]([O-])c1cccc2c1ccn2Cc1ccc(O)cc1. The van der Waals surface area contributed by atoms with Crippen LogP contribution in [0.5, 0.6) is 5.75 Å². The normalized spacial score (nSPS) is 10.8. The highest BCUT2D eigenvalue weighted by atomic mass is 16.6. The lowest BCUT2D eigenvalue weighted by Crippen LogP contribution is -1.97. The molecular weight excluding hydrogens is 256 g/mol. The first-order valence-corrected chi connectivity index (χ1v) is 6.15. The van der Waals surface area contributed by atoms with Crippen molar-refractivity contribution in [1.29, 1.82) is 0 Å². The number of phenols is 1. The van der Waals surface area contributed by atoms with E-state index in [4.69, 9.17) is 0 Å². The Balaban J connectivity index is 2.03. The van der Waals surface area contributed by atoms with E-state index < -0.39 is 0 Å². The highest BCUT2D eigenvalue weighted by Gasteiger charge is 2.13. The fourth-order valence-electron chi connectivity index (χ4n) is 2.30. The first-order valence-electron chi connectivity index (χ1n) is 6.15. The quantitative estimate of drug-likeness (QED) is 0.585. The number of aromatic nitrogens is 1. The van der Waals surface area contributed by atoms with Gasteiger partial charge in [-0.05, 0) is 29.8 Å². The van der Waals surface area contributed by atoms with Gasteiger partial charge in [-0.25, -0.2) is 0 Å². The first-order chi connectivity index (χ1) is 9.65. The van der Waals surface area contributed by atoms with Gasteiger partial charge in [-0.2, -0.15) is 0 Å². The van der Waals surface area contributed by atoms with Crippen molar-refractivity contribution in [2.45, 2.75) is 6.54 Å². The summed E-state index contributed by atoms with van der Waals surface area (Å²) in [4.78, 5) is 10.6. The molecule has 0 saturated heterocycles. The van der Waals surface area contributed by atoms with E-state index in [9.17, 15) is 15.2 Å². The van der Waals surface area contributed by atoms with Crippen LogP contribution in [0, 0.1) is 10.1 Å². The van der Waals surface area contributed by atoms with E-state index in [1.54, 1.807) is 24.3 Å². The highest BCUT2D eigenvalue weighted by molar-refractivity contribution is 5.89. The van der Waals surface area contributed by atoms with Crippen LogP contribution in [0.4, 0.5) is 5.69 Å². The van der Waals surface area contributed by atoms with Crippen LogP contribution in [0.2, 0.25) is 0 Å². The molecule has 5 nitrogen and oxygen atoms in total. The Labute approximate surface area is 114 Å². The lowest BCUT2D eigenvalue weighted by molar-refractivity contribution is -0.383. The number of nitrogens with zero attached hydrogens (tertiary/aromatic N) is 2. The highest BCUT2D eigenvalue weighted by Crippen LogP contribution is 2.26. The maximum Gasteiger partial charge on any atom is 0.278 e. The van der Waals surface area contributed by atoms with Crippen molar-refractivity contribution in [2.75, 3.05) is 0 Å². The Bertz CT molecular complexity index is 775. The van der Waals surface area contributed by atoms with Crippen molar-refractivity contribution in [3.8, 4) is 5.75 Å². The third-order valence-electron chi connectivity index (χ3n) is 3.28. The second-order valence-electron chi connectivity index (χ2n) is 4.58. The number of nitro groups is 1. The van der Waals surface area contributed by atoms with E-state index >= 15 is 0 Å². The fourth-order valence-corrected chi connectivity index (χ4v) is 2.30. The van der Waals surface area contributed by atoms with Gasteiger partial charge in [0.2, 0.25) is 0 Å². The van der Waals surface area contributed by atoms with Gasteiger partial charge < -0.3 is 9.67 Å². The van der Waals surface area contributed by atoms with E-state index in [2.05, 4.69) is 0 Å².